The van der Waals surface area contributed by atoms with Gasteiger partial charge in [0.1, 0.15) is 0 Å². The highest BCUT2D eigenvalue weighted by Gasteiger charge is 2.42. The largest absolute Gasteiger partial charge is 0.312 e. The molecule has 1 rings (SSSR count). The Bertz CT molecular complexity index is 270. The second-order valence-corrected chi connectivity index (χ2v) is 7.66. The predicted molar refractivity (Wildman–Crippen MR) is 85.6 cm³/mol. The van der Waals surface area contributed by atoms with Gasteiger partial charge in [0.15, 0.2) is 0 Å². The molecule has 0 spiro atoms. The average molecular weight is 268 g/mol. The normalized spacial score (nSPS) is 27.8. The molecule has 2 atom stereocenters. The third kappa shape index (κ3) is 3.95. The summed E-state index contributed by atoms with van der Waals surface area (Å²) in [6.07, 6.45) is 6.49. The van der Waals surface area contributed by atoms with Gasteiger partial charge in [-0.3, -0.25) is 4.90 Å². The van der Waals surface area contributed by atoms with Gasteiger partial charge in [0.2, 0.25) is 0 Å². The van der Waals surface area contributed by atoms with Crippen LogP contribution >= 0.6 is 0 Å². The molecule has 1 fully saturated rings. The summed E-state index contributed by atoms with van der Waals surface area (Å²) in [5.74, 6) is 0. The standard InChI is InChI=1S/C17H36N2/c1-8-13-18-15-14(11-10-12-16(15,3)4)19(7)17(5,6)9-2/h14-15,18H,8-13H2,1-7H3. The lowest BCUT2D eigenvalue weighted by atomic mass is 9.69. The van der Waals surface area contributed by atoms with Crippen LogP contribution in [0.5, 0.6) is 0 Å². The zero-order valence-corrected chi connectivity index (χ0v) is 14.3. The predicted octanol–water partition coefficient (Wildman–Crippen LogP) is 4.05. The van der Waals surface area contributed by atoms with Crippen molar-refractivity contribution in [2.75, 3.05) is 13.6 Å². The molecule has 0 radical (unpaired) electrons. The molecule has 0 saturated heterocycles. The van der Waals surface area contributed by atoms with E-state index in [0.29, 0.717) is 23.0 Å². The van der Waals surface area contributed by atoms with Gasteiger partial charge in [0.25, 0.3) is 0 Å². The van der Waals surface area contributed by atoms with E-state index in [2.05, 4.69) is 58.8 Å². The molecule has 2 heteroatoms. The molecule has 0 aromatic heterocycles. The fourth-order valence-electron chi connectivity index (χ4n) is 3.44. The van der Waals surface area contributed by atoms with E-state index in [0.717, 1.165) is 6.54 Å². The van der Waals surface area contributed by atoms with E-state index in [-0.39, 0.29) is 0 Å². The van der Waals surface area contributed by atoms with Crippen molar-refractivity contribution in [2.24, 2.45) is 5.41 Å². The van der Waals surface area contributed by atoms with Gasteiger partial charge in [0.05, 0.1) is 0 Å². The van der Waals surface area contributed by atoms with Gasteiger partial charge in [-0.25, -0.2) is 0 Å². The van der Waals surface area contributed by atoms with Crippen LogP contribution in [0, 0.1) is 5.41 Å². The van der Waals surface area contributed by atoms with Crippen molar-refractivity contribution in [3.63, 3.8) is 0 Å². The summed E-state index contributed by atoms with van der Waals surface area (Å²) < 4.78 is 0. The van der Waals surface area contributed by atoms with Crippen LogP contribution in [0.25, 0.3) is 0 Å². The SMILES string of the molecule is CCCNC1C(N(C)C(C)(C)CC)CCCC1(C)C. The van der Waals surface area contributed by atoms with Crippen LogP contribution in [0.15, 0.2) is 0 Å². The molecule has 0 aromatic rings. The zero-order valence-electron chi connectivity index (χ0n) is 14.3. The molecule has 1 aliphatic carbocycles. The molecule has 0 aliphatic heterocycles. The number of hydrogen-bond donors (Lipinski definition) is 1. The first-order valence-corrected chi connectivity index (χ1v) is 8.22. The summed E-state index contributed by atoms with van der Waals surface area (Å²) >= 11 is 0. The third-order valence-electron chi connectivity index (χ3n) is 5.48. The van der Waals surface area contributed by atoms with Crippen molar-refractivity contribution < 1.29 is 0 Å². The van der Waals surface area contributed by atoms with Crippen LogP contribution < -0.4 is 5.32 Å². The first-order chi connectivity index (χ1) is 8.76. The van der Waals surface area contributed by atoms with Crippen LogP contribution in [0.3, 0.4) is 0 Å². The highest BCUT2D eigenvalue weighted by molar-refractivity contribution is 5.00. The average Bonchev–Trinajstić information content (AvgIpc) is 2.35. The van der Waals surface area contributed by atoms with Crippen LogP contribution in [-0.2, 0) is 0 Å². The van der Waals surface area contributed by atoms with Crippen LogP contribution in [0.4, 0.5) is 0 Å². The van der Waals surface area contributed by atoms with Crippen molar-refractivity contribution in [2.45, 2.75) is 91.3 Å². The van der Waals surface area contributed by atoms with Gasteiger partial charge in [0, 0.05) is 17.6 Å². The maximum absolute atomic E-state index is 3.85. The van der Waals surface area contributed by atoms with Crippen molar-refractivity contribution in [3.05, 3.63) is 0 Å². The number of rotatable bonds is 6. The smallest absolute Gasteiger partial charge is 0.0274 e. The molecule has 1 aliphatic rings. The van der Waals surface area contributed by atoms with Crippen LogP contribution in [-0.4, -0.2) is 36.1 Å². The Balaban J connectivity index is 2.88. The summed E-state index contributed by atoms with van der Waals surface area (Å²) in [6, 6.07) is 1.29. The van der Waals surface area contributed by atoms with Gasteiger partial charge in [-0.2, -0.15) is 0 Å². The van der Waals surface area contributed by atoms with Gasteiger partial charge in [-0.05, 0) is 58.5 Å². The maximum Gasteiger partial charge on any atom is 0.0274 e. The van der Waals surface area contributed by atoms with Crippen LogP contribution in [0.1, 0.15) is 73.6 Å². The quantitative estimate of drug-likeness (QED) is 0.781. The minimum absolute atomic E-state index is 0.296. The van der Waals surface area contributed by atoms with E-state index in [1.165, 1.54) is 32.1 Å². The Kier molecular flexibility index (Phi) is 5.88. The molecule has 0 heterocycles. The second-order valence-electron chi connectivity index (χ2n) is 7.66. The van der Waals surface area contributed by atoms with Crippen molar-refractivity contribution in [3.8, 4) is 0 Å². The lowest BCUT2D eigenvalue weighted by molar-refractivity contribution is 0.00837. The van der Waals surface area contributed by atoms with E-state index in [1.54, 1.807) is 0 Å². The minimum Gasteiger partial charge on any atom is -0.312 e. The molecule has 0 aromatic carbocycles. The molecular weight excluding hydrogens is 232 g/mol. The molecule has 1 N–H and O–H groups in total. The van der Waals surface area contributed by atoms with Crippen molar-refractivity contribution in [1.29, 1.82) is 0 Å². The van der Waals surface area contributed by atoms with Crippen LogP contribution in [0.2, 0.25) is 0 Å². The topological polar surface area (TPSA) is 15.3 Å². The second kappa shape index (κ2) is 6.58. The molecule has 2 nitrogen and oxygen atoms in total. The van der Waals surface area contributed by atoms with E-state index >= 15 is 0 Å². The molecule has 2 unspecified atom stereocenters. The summed E-state index contributed by atoms with van der Waals surface area (Å²) in [5.41, 5.74) is 0.709. The molecule has 0 bridgehead atoms. The van der Waals surface area contributed by atoms with E-state index in [1.807, 2.05) is 0 Å². The molecule has 19 heavy (non-hydrogen) atoms. The monoisotopic (exact) mass is 268 g/mol. The van der Waals surface area contributed by atoms with Gasteiger partial charge < -0.3 is 5.32 Å². The van der Waals surface area contributed by atoms with Crippen molar-refractivity contribution >= 4 is 0 Å². The van der Waals surface area contributed by atoms with Crippen molar-refractivity contribution in [1.82, 2.24) is 10.2 Å². The van der Waals surface area contributed by atoms with E-state index < -0.39 is 0 Å². The number of nitrogens with zero attached hydrogens (tertiary/aromatic N) is 1. The number of likely N-dealkylation sites (N-methyl/N-ethyl adjacent to an activating group) is 1. The highest BCUT2D eigenvalue weighted by atomic mass is 15.2. The molecular formula is C17H36N2. The first kappa shape index (κ1) is 17.0. The van der Waals surface area contributed by atoms with E-state index in [4.69, 9.17) is 0 Å². The fraction of sp³-hybridized carbons (Fsp3) is 1.00. The highest BCUT2D eigenvalue weighted by Crippen LogP contribution is 2.39. The summed E-state index contributed by atoms with van der Waals surface area (Å²) in [7, 11) is 2.33. The molecule has 0 amide bonds. The Labute approximate surface area is 121 Å². The Morgan fingerprint density at radius 2 is 1.89 bits per heavy atom. The molecule has 1 saturated carbocycles. The maximum atomic E-state index is 3.85. The third-order valence-corrected chi connectivity index (χ3v) is 5.48. The molecule has 114 valence electrons. The summed E-state index contributed by atoms with van der Waals surface area (Å²) in [6.45, 7) is 15.4. The Morgan fingerprint density at radius 1 is 1.26 bits per heavy atom. The zero-order chi connectivity index (χ0) is 14.7. The minimum atomic E-state index is 0.296. The lowest BCUT2D eigenvalue weighted by Gasteiger charge is -2.52. The summed E-state index contributed by atoms with van der Waals surface area (Å²) in [4.78, 5) is 2.64. The number of nitrogens with one attached hydrogen (secondary N) is 1. The Morgan fingerprint density at radius 3 is 2.42 bits per heavy atom. The van der Waals surface area contributed by atoms with Gasteiger partial charge >= 0.3 is 0 Å². The number of hydrogen-bond acceptors (Lipinski definition) is 2. The lowest BCUT2D eigenvalue weighted by Crippen LogP contribution is -2.62. The Hall–Kier alpha value is -0.0800. The fourth-order valence-corrected chi connectivity index (χ4v) is 3.44. The summed E-state index contributed by atoms with van der Waals surface area (Å²) in [5, 5.41) is 3.85. The van der Waals surface area contributed by atoms with Gasteiger partial charge in [-0.15, -0.1) is 0 Å². The van der Waals surface area contributed by atoms with Gasteiger partial charge in [-0.1, -0.05) is 34.1 Å². The van der Waals surface area contributed by atoms with E-state index in [9.17, 15) is 0 Å². The first-order valence-electron chi connectivity index (χ1n) is 8.22.